The summed E-state index contributed by atoms with van der Waals surface area (Å²) in [6, 6.07) is 1.54. The molecule has 1 aromatic rings. The number of aliphatic hydroxyl groups excluding tert-OH is 1. The number of pyridine rings is 1. The normalized spacial score (nSPS) is 22.9. The van der Waals surface area contributed by atoms with Gasteiger partial charge in [0.25, 0.3) is 5.91 Å². The lowest BCUT2D eigenvalue weighted by Crippen LogP contribution is -2.50. The van der Waals surface area contributed by atoms with E-state index in [0.29, 0.717) is 24.5 Å². The molecule has 0 bridgehead atoms. The van der Waals surface area contributed by atoms with E-state index in [4.69, 9.17) is 4.74 Å². The minimum atomic E-state index is -0.323. The van der Waals surface area contributed by atoms with Gasteiger partial charge >= 0.3 is 0 Å². The Morgan fingerprint density at radius 3 is 2.86 bits per heavy atom. The van der Waals surface area contributed by atoms with Crippen molar-refractivity contribution in [2.24, 2.45) is 5.92 Å². The first kappa shape index (κ1) is 21.3. The number of carbonyl (C=O) groups excluding carboxylic acids is 2. The smallest absolute Gasteiger partial charge is 0.259 e. The van der Waals surface area contributed by atoms with Gasteiger partial charge in [-0.2, -0.15) is 0 Å². The maximum Gasteiger partial charge on any atom is 0.259 e. The minimum Gasteiger partial charge on any atom is -0.472 e. The van der Waals surface area contributed by atoms with Crippen LogP contribution in [0, 0.1) is 5.92 Å². The first-order chi connectivity index (χ1) is 13.8. The maximum absolute atomic E-state index is 13.4. The number of allylic oxidation sites excluding steroid dienone is 2. The van der Waals surface area contributed by atoms with Crippen LogP contribution in [-0.2, 0) is 4.79 Å². The van der Waals surface area contributed by atoms with Gasteiger partial charge in [-0.05, 0) is 43.4 Å². The molecule has 0 fully saturated rings. The third-order valence-electron chi connectivity index (χ3n) is 5.92. The molecule has 2 aliphatic rings. The number of rotatable bonds is 5. The van der Waals surface area contributed by atoms with Gasteiger partial charge in [0.2, 0.25) is 11.8 Å². The zero-order chi connectivity index (χ0) is 21.1. The Bertz CT molecular complexity index is 807. The molecule has 1 aromatic heterocycles. The average molecular weight is 402 g/mol. The van der Waals surface area contributed by atoms with Crippen molar-refractivity contribution in [1.82, 2.24) is 14.8 Å². The molecule has 158 valence electrons. The molecule has 0 radical (unpaired) electrons. The van der Waals surface area contributed by atoms with Gasteiger partial charge in [-0.3, -0.25) is 9.59 Å². The highest BCUT2D eigenvalue weighted by Gasteiger charge is 2.34. The second-order valence-corrected chi connectivity index (χ2v) is 8.22. The molecule has 1 N–H and O–H groups in total. The van der Waals surface area contributed by atoms with Crippen LogP contribution in [0.25, 0.3) is 5.57 Å². The summed E-state index contributed by atoms with van der Waals surface area (Å²) in [5, 5.41) is 9.71. The van der Waals surface area contributed by atoms with Crippen molar-refractivity contribution in [3.8, 4) is 5.88 Å². The Hall–Kier alpha value is -2.41. The first-order valence-electron chi connectivity index (χ1n) is 10.3. The molecule has 0 saturated heterocycles. The molecule has 1 aliphatic carbocycles. The van der Waals surface area contributed by atoms with Crippen LogP contribution >= 0.6 is 0 Å². The summed E-state index contributed by atoms with van der Waals surface area (Å²) in [6.45, 7) is 6.06. The van der Waals surface area contributed by atoms with E-state index in [1.165, 1.54) is 12.5 Å². The van der Waals surface area contributed by atoms with Crippen molar-refractivity contribution in [1.29, 1.82) is 0 Å². The number of hydrogen-bond acceptors (Lipinski definition) is 5. The van der Waals surface area contributed by atoms with Crippen LogP contribution in [0.1, 0.15) is 56.0 Å². The van der Waals surface area contributed by atoms with E-state index in [1.54, 1.807) is 23.0 Å². The fourth-order valence-corrected chi connectivity index (χ4v) is 3.83. The first-order valence-corrected chi connectivity index (χ1v) is 10.3. The minimum absolute atomic E-state index is 0.0399. The Morgan fingerprint density at radius 1 is 1.48 bits per heavy atom. The molecular weight excluding hydrogens is 370 g/mol. The van der Waals surface area contributed by atoms with Gasteiger partial charge in [0.15, 0.2) is 0 Å². The van der Waals surface area contributed by atoms with Crippen LogP contribution in [0.2, 0.25) is 0 Å². The summed E-state index contributed by atoms with van der Waals surface area (Å²) >= 11 is 0. The molecule has 0 aromatic carbocycles. The van der Waals surface area contributed by atoms with Crippen molar-refractivity contribution in [3.63, 3.8) is 0 Å². The molecular formula is C22H31N3O4. The van der Waals surface area contributed by atoms with Crippen LogP contribution in [-0.4, -0.2) is 70.6 Å². The van der Waals surface area contributed by atoms with Gasteiger partial charge in [-0.25, -0.2) is 4.98 Å². The van der Waals surface area contributed by atoms with E-state index in [2.05, 4.69) is 11.1 Å². The Balaban J connectivity index is 2.01. The highest BCUT2D eigenvalue weighted by molar-refractivity contribution is 5.97. The molecule has 7 heteroatoms. The molecule has 0 saturated carbocycles. The summed E-state index contributed by atoms with van der Waals surface area (Å²) in [5.41, 5.74) is 2.57. The topological polar surface area (TPSA) is 83.0 Å². The molecule has 3 rings (SSSR count). The van der Waals surface area contributed by atoms with Crippen LogP contribution < -0.4 is 4.74 Å². The van der Waals surface area contributed by atoms with Crippen molar-refractivity contribution < 1.29 is 19.4 Å². The number of amides is 2. The van der Waals surface area contributed by atoms with Crippen molar-refractivity contribution in [2.75, 3.05) is 26.7 Å². The predicted molar refractivity (Wildman–Crippen MR) is 111 cm³/mol. The van der Waals surface area contributed by atoms with Gasteiger partial charge in [0, 0.05) is 32.6 Å². The molecule has 0 unspecified atom stereocenters. The fourth-order valence-electron chi connectivity index (χ4n) is 3.83. The molecule has 0 spiro atoms. The largest absolute Gasteiger partial charge is 0.472 e. The monoisotopic (exact) mass is 401 g/mol. The van der Waals surface area contributed by atoms with E-state index >= 15 is 0 Å². The number of nitrogens with zero attached hydrogens (tertiary/aromatic N) is 3. The fraction of sp³-hybridized carbons (Fsp3) is 0.591. The number of ether oxygens (including phenoxy) is 1. The van der Waals surface area contributed by atoms with E-state index in [9.17, 15) is 14.7 Å². The predicted octanol–water partition coefficient (Wildman–Crippen LogP) is 2.35. The number of aliphatic hydroxyl groups is 1. The molecule has 3 atom stereocenters. The number of fused-ring (bicyclic) bond motifs is 1. The highest BCUT2D eigenvalue weighted by Crippen LogP contribution is 2.32. The third-order valence-corrected chi connectivity index (χ3v) is 5.92. The quantitative estimate of drug-likeness (QED) is 0.819. The zero-order valence-corrected chi connectivity index (χ0v) is 17.7. The van der Waals surface area contributed by atoms with Crippen LogP contribution in [0.15, 0.2) is 18.3 Å². The lowest BCUT2D eigenvalue weighted by atomic mass is 9.99. The van der Waals surface area contributed by atoms with Crippen LogP contribution in [0.3, 0.4) is 0 Å². The third kappa shape index (κ3) is 4.61. The Morgan fingerprint density at radius 2 is 2.24 bits per heavy atom. The van der Waals surface area contributed by atoms with Gasteiger partial charge in [0.1, 0.15) is 11.7 Å². The van der Waals surface area contributed by atoms with Gasteiger partial charge in [-0.15, -0.1) is 0 Å². The number of hydrogen-bond donors (Lipinski definition) is 1. The van der Waals surface area contributed by atoms with E-state index in [1.807, 2.05) is 19.9 Å². The van der Waals surface area contributed by atoms with Crippen molar-refractivity contribution in [2.45, 2.75) is 52.2 Å². The number of likely N-dealkylation sites (N-methyl/N-ethyl adjacent to an activating group) is 1. The van der Waals surface area contributed by atoms with Crippen molar-refractivity contribution >= 4 is 17.4 Å². The SMILES string of the molecule is CC(=O)N(C)C[C@@H]1Oc2ncc(C3=CCCC3)cc2C(=O)N([C@H](C)CO)C[C@@H]1C. The number of carbonyl (C=O) groups is 2. The second kappa shape index (κ2) is 8.95. The van der Waals surface area contributed by atoms with E-state index in [0.717, 1.165) is 24.8 Å². The lowest BCUT2D eigenvalue weighted by molar-refractivity contribution is -0.129. The lowest BCUT2D eigenvalue weighted by Gasteiger charge is -2.37. The Kier molecular flexibility index (Phi) is 6.57. The average Bonchev–Trinajstić information content (AvgIpc) is 3.24. The molecule has 2 amide bonds. The second-order valence-electron chi connectivity index (χ2n) is 8.22. The van der Waals surface area contributed by atoms with E-state index in [-0.39, 0.29) is 36.5 Å². The van der Waals surface area contributed by atoms with Crippen LogP contribution in [0.4, 0.5) is 0 Å². The summed E-state index contributed by atoms with van der Waals surface area (Å²) in [5.74, 6) is 0.0267. The maximum atomic E-state index is 13.4. The zero-order valence-electron chi connectivity index (χ0n) is 17.7. The van der Waals surface area contributed by atoms with Gasteiger partial charge in [-0.1, -0.05) is 13.0 Å². The molecule has 2 heterocycles. The summed E-state index contributed by atoms with van der Waals surface area (Å²) in [7, 11) is 1.74. The summed E-state index contributed by atoms with van der Waals surface area (Å²) in [4.78, 5) is 32.9. The van der Waals surface area contributed by atoms with Gasteiger partial charge in [0.05, 0.1) is 19.2 Å². The molecule has 29 heavy (non-hydrogen) atoms. The Labute approximate surface area is 172 Å². The standard InChI is InChI=1S/C22H31N3O4/c1-14-11-25(15(2)13-26)22(28)19-9-18(17-7-5-6-8-17)10-23-21(19)29-20(14)12-24(4)16(3)27/h7,9-10,14-15,20,26H,5-6,8,11-13H2,1-4H3/t14-,15+,20-/m0/s1. The van der Waals surface area contributed by atoms with Gasteiger partial charge < -0.3 is 19.6 Å². The summed E-state index contributed by atoms with van der Waals surface area (Å²) < 4.78 is 6.19. The molecule has 1 aliphatic heterocycles. The number of aromatic nitrogens is 1. The van der Waals surface area contributed by atoms with Crippen LogP contribution in [0.5, 0.6) is 5.88 Å². The van der Waals surface area contributed by atoms with Crippen molar-refractivity contribution in [3.05, 3.63) is 29.5 Å². The summed E-state index contributed by atoms with van der Waals surface area (Å²) in [6.07, 6.45) is 6.78. The molecule has 7 nitrogen and oxygen atoms in total. The highest BCUT2D eigenvalue weighted by atomic mass is 16.5. The van der Waals surface area contributed by atoms with E-state index < -0.39 is 0 Å².